The van der Waals surface area contributed by atoms with Crippen molar-refractivity contribution in [2.45, 2.75) is 19.9 Å². The van der Waals surface area contributed by atoms with Gasteiger partial charge < -0.3 is 14.1 Å². The van der Waals surface area contributed by atoms with Crippen LogP contribution in [-0.2, 0) is 14.3 Å². The number of carbonyl (C=O) groups is 2. The van der Waals surface area contributed by atoms with Crippen LogP contribution in [0.3, 0.4) is 0 Å². The molecule has 0 aliphatic heterocycles. The highest BCUT2D eigenvalue weighted by Gasteiger charge is 2.18. The van der Waals surface area contributed by atoms with Gasteiger partial charge in [0.05, 0.1) is 13.4 Å². The highest BCUT2D eigenvalue weighted by Crippen LogP contribution is 2.05. The largest absolute Gasteiger partial charge is 0.468 e. The first kappa shape index (κ1) is 14.0. The lowest BCUT2D eigenvalue weighted by molar-refractivity contribution is -0.146. The summed E-state index contributed by atoms with van der Waals surface area (Å²) in [7, 11) is 1.30. The standard InChI is InChI=1S/C13H17NO4/c1-10(2)14(9-13(16)17-3)12(15)7-6-11-5-4-8-18-11/h4-8,10H,9H2,1-3H3/b7-6+. The molecular formula is C13H17NO4. The first-order valence-electron chi connectivity index (χ1n) is 5.63. The molecule has 0 radical (unpaired) electrons. The Bertz CT molecular complexity index is 420. The second kappa shape index (κ2) is 6.64. The molecule has 0 saturated carbocycles. The predicted molar refractivity (Wildman–Crippen MR) is 66.6 cm³/mol. The van der Waals surface area contributed by atoms with Gasteiger partial charge in [0.1, 0.15) is 12.3 Å². The van der Waals surface area contributed by atoms with Gasteiger partial charge in [-0.15, -0.1) is 0 Å². The Kier molecular flexibility index (Phi) is 5.17. The van der Waals surface area contributed by atoms with E-state index in [1.165, 1.54) is 24.3 Å². The molecule has 1 amide bonds. The first-order valence-corrected chi connectivity index (χ1v) is 5.63. The quantitative estimate of drug-likeness (QED) is 0.590. The maximum atomic E-state index is 11.9. The summed E-state index contributed by atoms with van der Waals surface area (Å²) < 4.78 is 9.63. The minimum Gasteiger partial charge on any atom is -0.468 e. The number of nitrogens with zero attached hydrogens (tertiary/aromatic N) is 1. The van der Waals surface area contributed by atoms with E-state index in [0.717, 1.165) is 0 Å². The number of ether oxygens (including phenoxy) is 1. The van der Waals surface area contributed by atoms with Crippen LogP contribution in [0.15, 0.2) is 28.9 Å². The summed E-state index contributed by atoms with van der Waals surface area (Å²) in [5, 5.41) is 0. The fraction of sp³-hybridized carbons (Fsp3) is 0.385. The summed E-state index contributed by atoms with van der Waals surface area (Å²) in [4.78, 5) is 24.5. The van der Waals surface area contributed by atoms with Crippen LogP contribution in [-0.4, -0.2) is 36.5 Å². The topological polar surface area (TPSA) is 59.8 Å². The van der Waals surface area contributed by atoms with E-state index in [-0.39, 0.29) is 18.5 Å². The van der Waals surface area contributed by atoms with Crippen molar-refractivity contribution in [3.05, 3.63) is 30.2 Å². The van der Waals surface area contributed by atoms with Crippen LogP contribution in [0, 0.1) is 0 Å². The van der Waals surface area contributed by atoms with E-state index in [1.807, 2.05) is 13.8 Å². The molecule has 0 aliphatic rings. The zero-order valence-corrected chi connectivity index (χ0v) is 10.8. The van der Waals surface area contributed by atoms with Gasteiger partial charge in [-0.1, -0.05) is 0 Å². The Balaban J connectivity index is 2.68. The van der Waals surface area contributed by atoms with Crippen molar-refractivity contribution in [2.75, 3.05) is 13.7 Å². The van der Waals surface area contributed by atoms with Crippen molar-refractivity contribution >= 4 is 18.0 Å². The van der Waals surface area contributed by atoms with Crippen LogP contribution < -0.4 is 0 Å². The van der Waals surface area contributed by atoms with Crippen LogP contribution in [0.1, 0.15) is 19.6 Å². The molecule has 0 aliphatic carbocycles. The van der Waals surface area contributed by atoms with Gasteiger partial charge in [0.15, 0.2) is 0 Å². The van der Waals surface area contributed by atoms with Crippen molar-refractivity contribution in [3.8, 4) is 0 Å². The number of esters is 1. The summed E-state index contributed by atoms with van der Waals surface area (Å²) in [6, 6.07) is 3.39. The number of hydrogen-bond donors (Lipinski definition) is 0. The maximum absolute atomic E-state index is 11.9. The zero-order valence-electron chi connectivity index (χ0n) is 10.8. The molecule has 0 saturated heterocycles. The van der Waals surface area contributed by atoms with Crippen LogP contribution in [0.2, 0.25) is 0 Å². The molecule has 18 heavy (non-hydrogen) atoms. The second-order valence-electron chi connectivity index (χ2n) is 3.98. The van der Waals surface area contributed by atoms with Gasteiger partial charge >= 0.3 is 5.97 Å². The molecule has 1 aromatic heterocycles. The minimum atomic E-state index is -0.441. The highest BCUT2D eigenvalue weighted by molar-refractivity contribution is 5.93. The average Bonchev–Trinajstić information content (AvgIpc) is 2.85. The molecule has 0 fully saturated rings. The molecule has 0 unspecified atom stereocenters. The van der Waals surface area contributed by atoms with Crippen molar-refractivity contribution < 1.29 is 18.7 Å². The number of carbonyl (C=O) groups excluding carboxylic acids is 2. The SMILES string of the molecule is COC(=O)CN(C(=O)/C=C/c1ccco1)C(C)C. The van der Waals surface area contributed by atoms with E-state index in [0.29, 0.717) is 5.76 Å². The molecule has 0 atom stereocenters. The van der Waals surface area contributed by atoms with Gasteiger partial charge in [-0.05, 0) is 32.1 Å². The van der Waals surface area contributed by atoms with Crippen molar-refractivity contribution in [1.82, 2.24) is 4.90 Å². The summed E-state index contributed by atoms with van der Waals surface area (Å²) >= 11 is 0. The molecule has 1 aromatic rings. The van der Waals surface area contributed by atoms with Crippen LogP contribution in [0.4, 0.5) is 0 Å². The Morgan fingerprint density at radius 2 is 2.22 bits per heavy atom. The normalized spacial score (nSPS) is 10.9. The van der Waals surface area contributed by atoms with Crippen molar-refractivity contribution in [3.63, 3.8) is 0 Å². The smallest absolute Gasteiger partial charge is 0.325 e. The Labute approximate surface area is 106 Å². The lowest BCUT2D eigenvalue weighted by Crippen LogP contribution is -2.40. The number of hydrogen-bond acceptors (Lipinski definition) is 4. The second-order valence-corrected chi connectivity index (χ2v) is 3.98. The zero-order chi connectivity index (χ0) is 13.5. The Hall–Kier alpha value is -2.04. The fourth-order valence-corrected chi connectivity index (χ4v) is 1.35. The number of amides is 1. The summed E-state index contributed by atoms with van der Waals surface area (Å²) in [5.41, 5.74) is 0. The first-order chi connectivity index (χ1) is 8.54. The lowest BCUT2D eigenvalue weighted by atomic mass is 10.3. The summed E-state index contributed by atoms with van der Waals surface area (Å²) in [6.07, 6.45) is 4.47. The lowest BCUT2D eigenvalue weighted by Gasteiger charge is -2.23. The Morgan fingerprint density at radius 3 is 2.72 bits per heavy atom. The van der Waals surface area contributed by atoms with E-state index in [2.05, 4.69) is 4.74 Å². The molecule has 5 nitrogen and oxygen atoms in total. The van der Waals surface area contributed by atoms with Crippen LogP contribution in [0.25, 0.3) is 6.08 Å². The van der Waals surface area contributed by atoms with E-state index in [4.69, 9.17) is 4.42 Å². The van der Waals surface area contributed by atoms with Crippen molar-refractivity contribution in [2.24, 2.45) is 0 Å². The van der Waals surface area contributed by atoms with E-state index >= 15 is 0 Å². The Morgan fingerprint density at radius 1 is 1.50 bits per heavy atom. The van der Waals surface area contributed by atoms with Gasteiger partial charge in [-0.3, -0.25) is 9.59 Å². The minimum absolute atomic E-state index is 0.0600. The fourth-order valence-electron chi connectivity index (χ4n) is 1.35. The molecular weight excluding hydrogens is 234 g/mol. The number of furan rings is 1. The maximum Gasteiger partial charge on any atom is 0.325 e. The third-order valence-electron chi connectivity index (χ3n) is 2.37. The molecule has 0 bridgehead atoms. The summed E-state index contributed by atoms with van der Waals surface area (Å²) in [6.45, 7) is 3.61. The highest BCUT2D eigenvalue weighted by atomic mass is 16.5. The van der Waals surface area contributed by atoms with Gasteiger partial charge in [0, 0.05) is 12.1 Å². The van der Waals surface area contributed by atoms with Crippen molar-refractivity contribution in [1.29, 1.82) is 0 Å². The van der Waals surface area contributed by atoms with Gasteiger partial charge in [0.2, 0.25) is 5.91 Å². The molecule has 0 aromatic carbocycles. The third-order valence-corrected chi connectivity index (χ3v) is 2.37. The molecule has 1 rings (SSSR count). The molecule has 5 heteroatoms. The van der Waals surface area contributed by atoms with E-state index in [9.17, 15) is 9.59 Å². The third kappa shape index (κ3) is 4.08. The molecule has 0 N–H and O–H groups in total. The van der Waals surface area contributed by atoms with E-state index < -0.39 is 5.97 Å². The predicted octanol–water partition coefficient (Wildman–Crippen LogP) is 1.70. The molecule has 98 valence electrons. The average molecular weight is 251 g/mol. The number of rotatable bonds is 5. The van der Waals surface area contributed by atoms with Crippen LogP contribution in [0.5, 0.6) is 0 Å². The van der Waals surface area contributed by atoms with Gasteiger partial charge in [-0.2, -0.15) is 0 Å². The van der Waals surface area contributed by atoms with Gasteiger partial charge in [-0.25, -0.2) is 0 Å². The monoisotopic (exact) mass is 251 g/mol. The van der Waals surface area contributed by atoms with Crippen LogP contribution >= 0.6 is 0 Å². The number of methoxy groups -OCH3 is 1. The molecule has 0 spiro atoms. The van der Waals surface area contributed by atoms with E-state index in [1.54, 1.807) is 18.2 Å². The summed E-state index contributed by atoms with van der Waals surface area (Å²) in [5.74, 6) is -0.111. The van der Waals surface area contributed by atoms with Gasteiger partial charge in [0.25, 0.3) is 0 Å². The molecule has 1 heterocycles.